The Morgan fingerprint density at radius 1 is 1.60 bits per heavy atom. The first kappa shape index (κ1) is 12.3. The zero-order valence-electron chi connectivity index (χ0n) is 7.97. The maximum atomic E-state index is 11.9. The molecule has 1 heterocycles. The van der Waals surface area contributed by atoms with Crippen LogP contribution in [0.15, 0.2) is 0 Å². The molecule has 1 aliphatic heterocycles. The van der Waals surface area contributed by atoms with Gasteiger partial charge >= 0.3 is 6.18 Å². The Morgan fingerprint density at radius 3 is 2.73 bits per heavy atom. The Kier molecular flexibility index (Phi) is 3.92. The molecular weight excluding hydrogens is 213 g/mol. The molecule has 1 amide bonds. The Morgan fingerprint density at radius 2 is 2.27 bits per heavy atom. The largest absolute Gasteiger partial charge is 0.416 e. The van der Waals surface area contributed by atoms with E-state index >= 15 is 0 Å². The van der Waals surface area contributed by atoms with Gasteiger partial charge in [0.15, 0.2) is 6.10 Å². The van der Waals surface area contributed by atoms with Crippen LogP contribution in [0.1, 0.15) is 6.42 Å². The Hall–Kier alpha value is -0.820. The van der Waals surface area contributed by atoms with Gasteiger partial charge in [0.1, 0.15) is 0 Å². The van der Waals surface area contributed by atoms with E-state index in [9.17, 15) is 18.0 Å². The molecule has 2 unspecified atom stereocenters. The lowest BCUT2D eigenvalue weighted by atomic mass is 10.1. The summed E-state index contributed by atoms with van der Waals surface area (Å²) in [5.74, 6) is -0.728. The van der Waals surface area contributed by atoms with E-state index in [0.717, 1.165) is 0 Å². The standard InChI is InChI=1S/C8H13F3N2O2/c9-8(10,11)6(14)4-13-7(15)5-1-2-12-3-5/h5-6,12,14H,1-4H2,(H,13,15). The fourth-order valence-electron chi connectivity index (χ4n) is 1.34. The van der Waals surface area contributed by atoms with Gasteiger partial charge in [-0.15, -0.1) is 0 Å². The van der Waals surface area contributed by atoms with E-state index in [1.165, 1.54) is 0 Å². The maximum Gasteiger partial charge on any atom is 0.416 e. The second kappa shape index (κ2) is 4.80. The molecule has 2 atom stereocenters. The van der Waals surface area contributed by atoms with Crippen molar-refractivity contribution in [1.29, 1.82) is 0 Å². The highest BCUT2D eigenvalue weighted by Gasteiger charge is 2.38. The van der Waals surface area contributed by atoms with Gasteiger partial charge in [0, 0.05) is 6.54 Å². The highest BCUT2D eigenvalue weighted by Crippen LogP contribution is 2.19. The van der Waals surface area contributed by atoms with Crippen LogP contribution in [0, 0.1) is 5.92 Å². The predicted octanol–water partition coefficient (Wildman–Crippen LogP) is -0.365. The normalized spacial score (nSPS) is 23.9. The molecule has 0 aromatic rings. The van der Waals surface area contributed by atoms with Crippen molar-refractivity contribution in [1.82, 2.24) is 10.6 Å². The minimum Gasteiger partial charge on any atom is -0.382 e. The van der Waals surface area contributed by atoms with E-state index in [1.54, 1.807) is 0 Å². The van der Waals surface area contributed by atoms with Crippen molar-refractivity contribution in [3.63, 3.8) is 0 Å². The minimum atomic E-state index is -4.68. The van der Waals surface area contributed by atoms with Gasteiger partial charge in [0.25, 0.3) is 0 Å². The highest BCUT2D eigenvalue weighted by atomic mass is 19.4. The molecule has 4 nitrogen and oxygen atoms in total. The summed E-state index contributed by atoms with van der Waals surface area (Å²) in [6.07, 6.45) is -6.55. The molecule has 1 saturated heterocycles. The van der Waals surface area contributed by atoms with Gasteiger partial charge in [-0.3, -0.25) is 4.79 Å². The van der Waals surface area contributed by atoms with Gasteiger partial charge < -0.3 is 15.7 Å². The zero-order valence-corrected chi connectivity index (χ0v) is 7.97. The van der Waals surface area contributed by atoms with E-state index in [1.807, 2.05) is 0 Å². The maximum absolute atomic E-state index is 11.9. The molecule has 0 aromatic carbocycles. The molecule has 3 N–H and O–H groups in total. The predicted molar refractivity (Wildman–Crippen MR) is 46.0 cm³/mol. The molecule has 88 valence electrons. The Balaban J connectivity index is 2.27. The fraction of sp³-hybridized carbons (Fsp3) is 0.875. The molecule has 7 heteroatoms. The third-order valence-corrected chi connectivity index (χ3v) is 2.28. The zero-order chi connectivity index (χ0) is 11.5. The van der Waals surface area contributed by atoms with Crippen molar-refractivity contribution in [2.45, 2.75) is 18.7 Å². The summed E-state index contributed by atoms with van der Waals surface area (Å²) in [5.41, 5.74) is 0. The van der Waals surface area contributed by atoms with Crippen LogP contribution in [0.25, 0.3) is 0 Å². The molecule has 0 radical (unpaired) electrons. The number of hydrogen-bond donors (Lipinski definition) is 3. The van der Waals surface area contributed by atoms with Crippen LogP contribution in [0.3, 0.4) is 0 Å². The number of alkyl halides is 3. The second-order valence-corrected chi connectivity index (χ2v) is 3.49. The summed E-state index contributed by atoms with van der Waals surface area (Å²) in [6.45, 7) is 0.396. The summed E-state index contributed by atoms with van der Waals surface area (Å²) in [7, 11) is 0. The van der Waals surface area contributed by atoms with Crippen LogP contribution in [0.5, 0.6) is 0 Å². The number of amides is 1. The van der Waals surface area contributed by atoms with Gasteiger partial charge in [-0.1, -0.05) is 0 Å². The van der Waals surface area contributed by atoms with Crippen LogP contribution >= 0.6 is 0 Å². The van der Waals surface area contributed by atoms with Crippen molar-refractivity contribution in [3.8, 4) is 0 Å². The quantitative estimate of drug-likeness (QED) is 0.615. The molecule has 1 fully saturated rings. The highest BCUT2D eigenvalue weighted by molar-refractivity contribution is 5.79. The molecule has 0 bridgehead atoms. The molecule has 0 aromatic heterocycles. The average molecular weight is 226 g/mol. The van der Waals surface area contributed by atoms with Crippen molar-refractivity contribution in [3.05, 3.63) is 0 Å². The lowest BCUT2D eigenvalue weighted by molar-refractivity contribution is -0.201. The van der Waals surface area contributed by atoms with Gasteiger partial charge in [-0.2, -0.15) is 13.2 Å². The summed E-state index contributed by atoms with van der Waals surface area (Å²) in [5, 5.41) is 13.6. The number of aliphatic hydroxyl groups is 1. The third kappa shape index (κ3) is 3.67. The number of rotatable bonds is 3. The van der Waals surface area contributed by atoms with Crippen LogP contribution in [0.2, 0.25) is 0 Å². The average Bonchev–Trinajstić information content (AvgIpc) is 2.64. The Bertz CT molecular complexity index is 226. The van der Waals surface area contributed by atoms with Crippen molar-refractivity contribution >= 4 is 5.91 Å². The lowest BCUT2D eigenvalue weighted by Crippen LogP contribution is -2.43. The number of halogens is 3. The first-order chi connectivity index (χ1) is 6.91. The monoisotopic (exact) mass is 226 g/mol. The number of carbonyl (C=O) groups is 1. The van der Waals surface area contributed by atoms with Gasteiger partial charge in [0.05, 0.1) is 12.5 Å². The SMILES string of the molecule is O=C(NCC(O)C(F)(F)F)C1CCNC1. The van der Waals surface area contributed by atoms with Crippen molar-refractivity contribution < 1.29 is 23.1 Å². The number of hydrogen-bond acceptors (Lipinski definition) is 3. The summed E-state index contributed by atoms with van der Waals surface area (Å²) in [6, 6.07) is 0. The number of nitrogens with one attached hydrogen (secondary N) is 2. The van der Waals surface area contributed by atoms with E-state index in [0.29, 0.717) is 19.5 Å². The fourth-order valence-corrected chi connectivity index (χ4v) is 1.34. The molecule has 0 aliphatic carbocycles. The molecular formula is C8H13F3N2O2. The number of aliphatic hydroxyl groups excluding tert-OH is 1. The number of carbonyl (C=O) groups excluding carboxylic acids is 1. The first-order valence-corrected chi connectivity index (χ1v) is 4.64. The van der Waals surface area contributed by atoms with Crippen LogP contribution in [0.4, 0.5) is 13.2 Å². The van der Waals surface area contributed by atoms with Gasteiger partial charge in [-0.25, -0.2) is 0 Å². The van der Waals surface area contributed by atoms with E-state index < -0.39 is 24.7 Å². The first-order valence-electron chi connectivity index (χ1n) is 4.64. The topological polar surface area (TPSA) is 61.4 Å². The van der Waals surface area contributed by atoms with E-state index in [2.05, 4.69) is 10.6 Å². The summed E-state index contributed by atoms with van der Waals surface area (Å²) < 4.78 is 35.6. The lowest BCUT2D eigenvalue weighted by Gasteiger charge is -2.16. The van der Waals surface area contributed by atoms with E-state index in [-0.39, 0.29) is 5.92 Å². The minimum absolute atomic E-state index is 0.287. The molecule has 0 spiro atoms. The Labute approximate surface area is 84.8 Å². The van der Waals surface area contributed by atoms with Gasteiger partial charge in [0.2, 0.25) is 5.91 Å². The van der Waals surface area contributed by atoms with Crippen LogP contribution < -0.4 is 10.6 Å². The van der Waals surface area contributed by atoms with Gasteiger partial charge in [-0.05, 0) is 13.0 Å². The third-order valence-electron chi connectivity index (χ3n) is 2.28. The van der Waals surface area contributed by atoms with Crippen molar-refractivity contribution in [2.24, 2.45) is 5.92 Å². The smallest absolute Gasteiger partial charge is 0.382 e. The van der Waals surface area contributed by atoms with Crippen molar-refractivity contribution in [2.75, 3.05) is 19.6 Å². The molecule has 15 heavy (non-hydrogen) atoms. The van der Waals surface area contributed by atoms with E-state index in [4.69, 9.17) is 5.11 Å². The van der Waals surface area contributed by atoms with Crippen LogP contribution in [-0.2, 0) is 4.79 Å². The van der Waals surface area contributed by atoms with Crippen LogP contribution in [-0.4, -0.2) is 42.9 Å². The summed E-state index contributed by atoms with van der Waals surface area (Å²) >= 11 is 0. The summed E-state index contributed by atoms with van der Waals surface area (Å²) in [4.78, 5) is 11.2. The molecule has 1 aliphatic rings. The molecule has 0 saturated carbocycles. The molecule has 1 rings (SSSR count). The second-order valence-electron chi connectivity index (χ2n) is 3.49.